The van der Waals surface area contributed by atoms with Crippen LogP contribution in [0.4, 0.5) is 0 Å². The molecule has 8 aliphatic rings. The molecule has 8 fully saturated rings. The first kappa shape index (κ1) is 36.1. The van der Waals surface area contributed by atoms with Crippen LogP contribution in [0.25, 0.3) is 0 Å². The summed E-state index contributed by atoms with van der Waals surface area (Å²) in [6.45, 7) is 5.57. The topological polar surface area (TPSA) is 58.9 Å². The summed E-state index contributed by atoms with van der Waals surface area (Å²) >= 11 is 0. The summed E-state index contributed by atoms with van der Waals surface area (Å²) in [5.41, 5.74) is 0. The van der Waals surface area contributed by atoms with Gasteiger partial charge >= 0.3 is 0 Å². The molecule has 0 aromatic rings. The molecule has 0 heterocycles. The predicted molar refractivity (Wildman–Crippen MR) is 190 cm³/mol. The molecule has 0 saturated heterocycles. The van der Waals surface area contributed by atoms with E-state index in [0.717, 1.165) is 72.1 Å². The maximum Gasteiger partial charge on any atom is 0.235 e. The van der Waals surface area contributed by atoms with Crippen molar-refractivity contribution < 1.29 is 9.59 Å². The van der Waals surface area contributed by atoms with Gasteiger partial charge in [0.1, 0.15) is 0 Å². The standard InChI is InChI=1S/C11H17NO.C11H20.C10H15NO.C10H18/c13-8-12-7-10-6-5-9-3-1-2-4-11(9)10;1-2-9-7-8-10-5-3-4-6-11(9)10;12-7-11-10-6-5-8-3-1-2-4-9(8)10;1-8-6-7-9-4-2-3-5-10(8)9/h9-11H,1-7H2;9-11H,2-8H2,1H3;8-10H,1-6H2;8-10H,2-7H2,1H3. The Kier molecular flexibility index (Phi) is 15.0. The highest BCUT2D eigenvalue weighted by molar-refractivity contribution is 5.34. The van der Waals surface area contributed by atoms with E-state index in [9.17, 15) is 9.59 Å². The summed E-state index contributed by atoms with van der Waals surface area (Å²) < 4.78 is 0. The second-order valence-corrected chi connectivity index (χ2v) is 17.3. The fourth-order valence-corrected chi connectivity index (χ4v) is 12.6. The minimum absolute atomic E-state index is 0.327. The van der Waals surface area contributed by atoms with E-state index in [-0.39, 0.29) is 0 Å². The molecule has 0 radical (unpaired) electrons. The summed E-state index contributed by atoms with van der Waals surface area (Å²) in [5, 5.41) is 0. The SMILES string of the molecule is CC1CCC2CCCCC12.CCC1CCC2CCCCC12.O=C=NC1CCC2CCCCC21.O=C=NCC1CCC2CCCCC21. The molecule has 0 aromatic heterocycles. The van der Waals surface area contributed by atoms with E-state index in [1.807, 2.05) is 0 Å². The van der Waals surface area contributed by atoms with E-state index in [0.29, 0.717) is 12.0 Å². The first-order valence-electron chi connectivity index (χ1n) is 20.7. The second kappa shape index (κ2) is 19.1. The molecule has 0 aliphatic heterocycles. The van der Waals surface area contributed by atoms with Crippen LogP contribution in [-0.2, 0) is 9.59 Å². The highest BCUT2D eigenvalue weighted by atomic mass is 16.1. The van der Waals surface area contributed by atoms with Gasteiger partial charge in [0.05, 0.1) is 12.6 Å². The fourth-order valence-electron chi connectivity index (χ4n) is 12.6. The summed E-state index contributed by atoms with van der Waals surface area (Å²) in [4.78, 5) is 27.8. The molecule has 0 spiro atoms. The first-order valence-corrected chi connectivity index (χ1v) is 20.7. The molecular weight excluding hydrogens is 564 g/mol. The predicted octanol–water partition coefficient (Wildman–Crippen LogP) is 11.7. The highest BCUT2D eigenvalue weighted by Crippen LogP contribution is 2.48. The molecule has 0 amide bonds. The third kappa shape index (κ3) is 9.68. The molecule has 46 heavy (non-hydrogen) atoms. The molecule has 0 N–H and O–H groups in total. The lowest BCUT2D eigenvalue weighted by Crippen LogP contribution is -2.21. The van der Waals surface area contributed by atoms with Crippen LogP contribution in [0, 0.1) is 65.1 Å². The number of nitrogens with zero attached hydrogens (tertiary/aromatic N) is 2. The number of isocyanates is 2. The molecule has 8 aliphatic carbocycles. The van der Waals surface area contributed by atoms with E-state index in [2.05, 4.69) is 23.8 Å². The molecule has 12 atom stereocenters. The smallest absolute Gasteiger partial charge is 0.211 e. The first-order chi connectivity index (χ1) is 22.6. The van der Waals surface area contributed by atoms with Crippen LogP contribution in [0.15, 0.2) is 9.98 Å². The number of hydrogen-bond acceptors (Lipinski definition) is 4. The van der Waals surface area contributed by atoms with Gasteiger partial charge in [0.25, 0.3) is 0 Å². The van der Waals surface area contributed by atoms with Gasteiger partial charge in [-0.05, 0) is 136 Å². The van der Waals surface area contributed by atoms with Crippen LogP contribution in [-0.4, -0.2) is 24.7 Å². The Bertz CT molecular complexity index is 976. The maximum absolute atomic E-state index is 10.1. The summed E-state index contributed by atoms with van der Waals surface area (Å²) in [7, 11) is 0. The van der Waals surface area contributed by atoms with Crippen LogP contribution in [0.1, 0.15) is 174 Å². The lowest BCUT2D eigenvalue weighted by Gasteiger charge is -2.28. The lowest BCUT2D eigenvalue weighted by atomic mass is 9.77. The molecule has 0 aromatic carbocycles. The van der Waals surface area contributed by atoms with Crippen LogP contribution < -0.4 is 0 Å². The van der Waals surface area contributed by atoms with E-state index < -0.39 is 0 Å². The van der Waals surface area contributed by atoms with Crippen molar-refractivity contribution in [3.8, 4) is 0 Å². The van der Waals surface area contributed by atoms with Crippen molar-refractivity contribution in [3.05, 3.63) is 0 Å². The minimum Gasteiger partial charge on any atom is -0.211 e. The highest BCUT2D eigenvalue weighted by Gasteiger charge is 2.39. The summed E-state index contributed by atoms with van der Waals surface area (Å²) in [6, 6.07) is 0.327. The third-order valence-electron chi connectivity index (χ3n) is 15.1. The van der Waals surface area contributed by atoms with Crippen molar-refractivity contribution in [3.63, 3.8) is 0 Å². The van der Waals surface area contributed by atoms with Crippen LogP contribution >= 0.6 is 0 Å². The van der Waals surface area contributed by atoms with Gasteiger partial charge < -0.3 is 0 Å². The van der Waals surface area contributed by atoms with Crippen molar-refractivity contribution >= 4 is 12.2 Å². The quantitative estimate of drug-likeness (QED) is 0.228. The van der Waals surface area contributed by atoms with Crippen LogP contribution in [0.5, 0.6) is 0 Å². The molecule has 0 bridgehead atoms. The Balaban J connectivity index is 0.000000121. The minimum atomic E-state index is 0.327. The Morgan fingerprint density at radius 3 is 1.50 bits per heavy atom. The Hall–Kier alpha value is -1.24. The van der Waals surface area contributed by atoms with Crippen molar-refractivity contribution in [2.75, 3.05) is 6.54 Å². The normalized spacial score (nSPS) is 42.0. The Morgan fingerprint density at radius 1 is 0.478 bits per heavy atom. The van der Waals surface area contributed by atoms with E-state index in [1.165, 1.54) is 109 Å². The second-order valence-electron chi connectivity index (χ2n) is 17.3. The van der Waals surface area contributed by atoms with Gasteiger partial charge in [0.15, 0.2) is 0 Å². The Labute approximate surface area is 283 Å². The largest absolute Gasteiger partial charge is 0.235 e. The van der Waals surface area contributed by atoms with Gasteiger partial charge in [-0.1, -0.05) is 104 Å². The van der Waals surface area contributed by atoms with Gasteiger partial charge in [0.2, 0.25) is 12.2 Å². The lowest BCUT2D eigenvalue weighted by molar-refractivity contribution is 0.224. The average molecular weight is 635 g/mol. The summed E-state index contributed by atoms with van der Waals surface area (Å²) in [5.74, 6) is 10.9. The fraction of sp³-hybridized carbons (Fsp3) is 0.952. The maximum atomic E-state index is 10.1. The summed E-state index contributed by atoms with van der Waals surface area (Å²) in [6.07, 6.45) is 39.4. The Morgan fingerprint density at radius 2 is 0.935 bits per heavy atom. The van der Waals surface area contributed by atoms with Crippen LogP contribution in [0.2, 0.25) is 0 Å². The van der Waals surface area contributed by atoms with Crippen molar-refractivity contribution in [1.82, 2.24) is 0 Å². The average Bonchev–Trinajstić information content (AvgIpc) is 3.91. The number of carbonyl (C=O) groups excluding carboxylic acids is 2. The third-order valence-corrected chi connectivity index (χ3v) is 15.1. The number of fused-ring (bicyclic) bond motifs is 4. The molecule has 8 saturated carbocycles. The molecule has 4 nitrogen and oxygen atoms in total. The van der Waals surface area contributed by atoms with Gasteiger partial charge in [-0.25, -0.2) is 19.6 Å². The van der Waals surface area contributed by atoms with Crippen LogP contribution in [0.3, 0.4) is 0 Å². The molecular formula is C42H70N2O2. The van der Waals surface area contributed by atoms with Gasteiger partial charge in [-0.3, -0.25) is 0 Å². The monoisotopic (exact) mass is 635 g/mol. The van der Waals surface area contributed by atoms with E-state index in [4.69, 9.17) is 0 Å². The zero-order chi connectivity index (χ0) is 32.1. The van der Waals surface area contributed by atoms with Crippen molar-refractivity contribution in [2.24, 2.45) is 75.1 Å². The molecule has 260 valence electrons. The van der Waals surface area contributed by atoms with Gasteiger partial charge in [0, 0.05) is 0 Å². The van der Waals surface area contributed by atoms with E-state index >= 15 is 0 Å². The van der Waals surface area contributed by atoms with Gasteiger partial charge in [-0.2, -0.15) is 0 Å². The number of hydrogen-bond donors (Lipinski definition) is 0. The van der Waals surface area contributed by atoms with Crippen molar-refractivity contribution in [2.45, 2.75) is 180 Å². The number of aliphatic imine (C=N–C) groups is 2. The molecule has 12 unspecified atom stereocenters. The molecule has 8 rings (SSSR count). The zero-order valence-electron chi connectivity index (χ0n) is 30.0. The number of rotatable bonds is 4. The van der Waals surface area contributed by atoms with Crippen molar-refractivity contribution in [1.29, 1.82) is 0 Å². The van der Waals surface area contributed by atoms with Gasteiger partial charge in [-0.15, -0.1) is 0 Å². The zero-order valence-corrected chi connectivity index (χ0v) is 30.0. The molecule has 4 heteroatoms. The van der Waals surface area contributed by atoms with E-state index in [1.54, 1.807) is 57.1 Å².